The molecule has 33 heavy (non-hydrogen) atoms. The van der Waals surface area contributed by atoms with E-state index in [1.54, 1.807) is 36.4 Å². The zero-order valence-corrected chi connectivity index (χ0v) is 20.2. The van der Waals surface area contributed by atoms with Gasteiger partial charge in [-0.2, -0.15) is 0 Å². The molecule has 0 aliphatic rings. The fourth-order valence-corrected chi connectivity index (χ4v) is 3.65. The first kappa shape index (κ1) is 24.7. The molecule has 3 rings (SSSR count). The van der Waals surface area contributed by atoms with Gasteiger partial charge in [-0.25, -0.2) is 9.37 Å². The van der Waals surface area contributed by atoms with E-state index >= 15 is 0 Å². The lowest BCUT2D eigenvalue weighted by Crippen LogP contribution is -2.24. The van der Waals surface area contributed by atoms with Crippen molar-refractivity contribution in [2.45, 2.75) is 59.4 Å². The maximum Gasteiger partial charge on any atom is 0.257 e. The van der Waals surface area contributed by atoms with Crippen LogP contribution >= 0.6 is 11.3 Å². The van der Waals surface area contributed by atoms with Gasteiger partial charge in [0.05, 0.1) is 11.8 Å². The minimum atomic E-state index is -0.340. The quantitative estimate of drug-likeness (QED) is 0.370. The average molecular weight is 472 g/mol. The van der Waals surface area contributed by atoms with Crippen LogP contribution in [0, 0.1) is 5.82 Å². The predicted octanol–water partition coefficient (Wildman–Crippen LogP) is 5.79. The molecule has 8 heteroatoms. The molecular weight excluding hydrogens is 441 g/mol. The van der Waals surface area contributed by atoms with Gasteiger partial charge in [-0.3, -0.25) is 10.1 Å². The van der Waals surface area contributed by atoms with Crippen molar-refractivity contribution in [2.24, 2.45) is 0 Å². The number of hydrogen-bond donors (Lipinski definition) is 2. The molecule has 0 spiro atoms. The number of hydrogen-bond acceptors (Lipinski definition) is 6. The van der Waals surface area contributed by atoms with E-state index in [0.29, 0.717) is 40.3 Å². The summed E-state index contributed by atoms with van der Waals surface area (Å²) < 4.78 is 25.5. The van der Waals surface area contributed by atoms with Crippen LogP contribution in [0.1, 0.15) is 55.7 Å². The molecule has 1 unspecified atom stereocenters. The molecule has 2 aromatic carbocycles. The van der Waals surface area contributed by atoms with Gasteiger partial charge < -0.3 is 14.8 Å². The number of thiazole rings is 1. The Bertz CT molecular complexity index is 1070. The summed E-state index contributed by atoms with van der Waals surface area (Å²) in [4.78, 5) is 17.4. The van der Waals surface area contributed by atoms with E-state index < -0.39 is 0 Å². The number of rotatable bonds is 11. The van der Waals surface area contributed by atoms with Crippen LogP contribution in [0.5, 0.6) is 11.5 Å². The molecule has 0 radical (unpaired) electrons. The Morgan fingerprint density at radius 3 is 2.64 bits per heavy atom. The lowest BCUT2D eigenvalue weighted by Gasteiger charge is -2.14. The highest BCUT2D eigenvalue weighted by molar-refractivity contribution is 7.14. The summed E-state index contributed by atoms with van der Waals surface area (Å²) in [6, 6.07) is 11.8. The van der Waals surface area contributed by atoms with Crippen LogP contribution in [-0.2, 0) is 13.2 Å². The summed E-state index contributed by atoms with van der Waals surface area (Å²) in [6.45, 7) is 8.72. The molecule has 0 bridgehead atoms. The van der Waals surface area contributed by atoms with Crippen LogP contribution in [0.25, 0.3) is 0 Å². The fraction of sp³-hybridized carbons (Fsp3) is 0.360. The highest BCUT2D eigenvalue weighted by atomic mass is 32.1. The van der Waals surface area contributed by atoms with Crippen molar-refractivity contribution < 1.29 is 18.7 Å². The third-order valence-corrected chi connectivity index (χ3v) is 5.69. The molecule has 0 aliphatic heterocycles. The normalized spacial score (nSPS) is 11.9. The molecular formula is C25H30FN3O3S. The Kier molecular flexibility index (Phi) is 8.79. The van der Waals surface area contributed by atoms with Crippen molar-refractivity contribution in [3.8, 4) is 11.5 Å². The Labute approximate surface area is 198 Å². The third-order valence-electron chi connectivity index (χ3n) is 4.88. The van der Waals surface area contributed by atoms with E-state index in [1.807, 2.05) is 19.2 Å². The number of carbonyl (C=O) groups excluding carboxylic acids is 1. The van der Waals surface area contributed by atoms with Crippen molar-refractivity contribution >= 4 is 22.4 Å². The smallest absolute Gasteiger partial charge is 0.257 e. The van der Waals surface area contributed by atoms with Gasteiger partial charge in [0, 0.05) is 35.2 Å². The number of aromatic nitrogens is 1. The second-order valence-corrected chi connectivity index (χ2v) is 8.89. The van der Waals surface area contributed by atoms with Crippen molar-refractivity contribution in [1.82, 2.24) is 10.3 Å². The number of halogens is 1. The largest absolute Gasteiger partial charge is 0.491 e. The van der Waals surface area contributed by atoms with E-state index in [2.05, 4.69) is 29.5 Å². The lowest BCUT2D eigenvalue weighted by molar-refractivity contribution is 0.102. The minimum absolute atomic E-state index is 0.0396. The molecule has 1 atom stereocenters. The highest BCUT2D eigenvalue weighted by Gasteiger charge is 2.14. The standard InChI is InChI=1S/C25H30FN3O3S/c1-5-17(4)27-13-20-15-33-25(28-20)29-24(30)19-10-21(12-22(11-19)32-16(2)3)31-14-18-8-6-7-9-23(18)26/h6-12,15-17,27H,5,13-14H2,1-4H3,(H,28,29,30). The predicted molar refractivity (Wildman–Crippen MR) is 130 cm³/mol. The molecule has 0 saturated heterocycles. The second-order valence-electron chi connectivity index (χ2n) is 8.03. The van der Waals surface area contributed by atoms with Crippen LogP contribution in [0.15, 0.2) is 47.8 Å². The number of anilines is 1. The maximum absolute atomic E-state index is 13.9. The number of nitrogens with zero attached hydrogens (tertiary/aromatic N) is 1. The summed E-state index contributed by atoms with van der Waals surface area (Å²) >= 11 is 1.37. The van der Waals surface area contributed by atoms with E-state index in [4.69, 9.17) is 9.47 Å². The molecule has 2 N–H and O–H groups in total. The lowest BCUT2D eigenvalue weighted by atomic mass is 10.2. The van der Waals surface area contributed by atoms with E-state index in [-0.39, 0.29) is 24.4 Å². The van der Waals surface area contributed by atoms with E-state index in [9.17, 15) is 9.18 Å². The van der Waals surface area contributed by atoms with Crippen LogP contribution in [0.4, 0.5) is 9.52 Å². The summed E-state index contributed by atoms with van der Waals surface area (Å²) in [5, 5.41) is 8.66. The zero-order valence-electron chi connectivity index (χ0n) is 19.4. The van der Waals surface area contributed by atoms with Crippen molar-refractivity contribution in [1.29, 1.82) is 0 Å². The van der Waals surface area contributed by atoms with Crippen molar-refractivity contribution in [3.05, 3.63) is 70.5 Å². The summed E-state index contributed by atoms with van der Waals surface area (Å²) in [5.41, 5.74) is 1.67. The topological polar surface area (TPSA) is 72.5 Å². The molecule has 0 aliphatic carbocycles. The van der Waals surface area contributed by atoms with Gasteiger partial charge >= 0.3 is 0 Å². The van der Waals surface area contributed by atoms with Crippen molar-refractivity contribution in [2.75, 3.05) is 5.32 Å². The second kappa shape index (κ2) is 11.8. The van der Waals surface area contributed by atoms with Crippen LogP contribution in [0.3, 0.4) is 0 Å². The maximum atomic E-state index is 13.9. The minimum Gasteiger partial charge on any atom is -0.491 e. The summed E-state index contributed by atoms with van der Waals surface area (Å²) in [6.07, 6.45) is 0.950. The fourth-order valence-electron chi connectivity index (χ4n) is 2.94. The van der Waals surface area contributed by atoms with E-state index in [0.717, 1.165) is 12.1 Å². The Hall–Kier alpha value is -2.97. The summed E-state index contributed by atoms with van der Waals surface area (Å²) in [7, 11) is 0. The van der Waals surface area contributed by atoms with Gasteiger partial charge in [0.2, 0.25) is 0 Å². The molecule has 3 aromatic rings. The molecule has 6 nitrogen and oxygen atoms in total. The van der Waals surface area contributed by atoms with Gasteiger partial charge in [-0.05, 0) is 45.4 Å². The molecule has 1 aromatic heterocycles. The highest BCUT2D eigenvalue weighted by Crippen LogP contribution is 2.26. The first-order valence-electron chi connectivity index (χ1n) is 11.0. The number of nitrogens with one attached hydrogen (secondary N) is 2. The first-order valence-corrected chi connectivity index (χ1v) is 11.9. The number of amides is 1. The number of benzene rings is 2. The van der Waals surface area contributed by atoms with Gasteiger partial charge in [-0.1, -0.05) is 25.1 Å². The number of ether oxygens (including phenoxy) is 2. The molecule has 1 heterocycles. The molecule has 0 saturated carbocycles. The SMILES string of the molecule is CCC(C)NCc1csc(NC(=O)c2cc(OCc3ccccc3F)cc(OC(C)C)c2)n1. The van der Waals surface area contributed by atoms with Crippen LogP contribution in [0.2, 0.25) is 0 Å². The van der Waals surface area contributed by atoms with Crippen LogP contribution < -0.4 is 20.1 Å². The third kappa shape index (κ3) is 7.54. The average Bonchev–Trinajstić information content (AvgIpc) is 3.23. The molecule has 176 valence electrons. The first-order chi connectivity index (χ1) is 15.8. The van der Waals surface area contributed by atoms with E-state index in [1.165, 1.54) is 17.4 Å². The summed E-state index contributed by atoms with van der Waals surface area (Å²) in [5.74, 6) is 0.251. The zero-order chi connectivity index (χ0) is 23.8. The van der Waals surface area contributed by atoms with Gasteiger partial charge in [0.15, 0.2) is 5.13 Å². The molecule has 1 amide bonds. The molecule has 0 fully saturated rings. The van der Waals surface area contributed by atoms with Gasteiger partial charge in [-0.15, -0.1) is 11.3 Å². The Balaban J connectivity index is 1.72. The Morgan fingerprint density at radius 2 is 1.91 bits per heavy atom. The number of carbonyl (C=O) groups is 1. The monoisotopic (exact) mass is 471 g/mol. The van der Waals surface area contributed by atoms with Gasteiger partial charge in [0.1, 0.15) is 23.9 Å². The Morgan fingerprint density at radius 1 is 1.15 bits per heavy atom. The van der Waals surface area contributed by atoms with Crippen LogP contribution in [-0.4, -0.2) is 23.0 Å². The van der Waals surface area contributed by atoms with Gasteiger partial charge in [0.25, 0.3) is 5.91 Å². The van der Waals surface area contributed by atoms with Crippen molar-refractivity contribution in [3.63, 3.8) is 0 Å².